The molecular weight excluding hydrogens is 304 g/mol. The van der Waals surface area contributed by atoms with Gasteiger partial charge in [-0.1, -0.05) is 35.0 Å². The molecule has 0 radical (unpaired) electrons. The van der Waals surface area contributed by atoms with E-state index in [1.54, 1.807) is 25.1 Å². The third-order valence-corrected chi connectivity index (χ3v) is 5.26. The second-order valence-corrected chi connectivity index (χ2v) is 7.57. The van der Waals surface area contributed by atoms with Gasteiger partial charge in [0.15, 0.2) is 15.7 Å². The van der Waals surface area contributed by atoms with Gasteiger partial charge in [-0.15, -0.1) is 0 Å². The highest BCUT2D eigenvalue weighted by Gasteiger charge is 2.28. The number of carbonyl (C=O) groups is 1. The first-order valence-corrected chi connectivity index (χ1v) is 8.51. The Balaban J connectivity index is 2.09. The predicted octanol–water partition coefficient (Wildman–Crippen LogP) is 2.23. The van der Waals surface area contributed by atoms with Crippen molar-refractivity contribution in [2.45, 2.75) is 31.8 Å². The van der Waals surface area contributed by atoms with E-state index in [-0.39, 0.29) is 11.6 Å². The van der Waals surface area contributed by atoms with Gasteiger partial charge >= 0.3 is 0 Å². The Bertz CT molecular complexity index is 780. The Morgan fingerprint density at radius 2 is 2.05 bits per heavy atom. The average molecular weight is 322 g/mol. The highest BCUT2D eigenvalue weighted by atomic mass is 32.2. The summed E-state index contributed by atoms with van der Waals surface area (Å²) >= 11 is 0. The Hall–Kier alpha value is -2.15. The molecule has 22 heavy (non-hydrogen) atoms. The van der Waals surface area contributed by atoms with Gasteiger partial charge in [-0.2, -0.15) is 0 Å². The molecule has 0 spiro atoms. The molecule has 7 heteroatoms. The highest BCUT2D eigenvalue weighted by Crippen LogP contribution is 2.15. The maximum Gasteiger partial charge on any atom is 0.243 e. The Kier molecular flexibility index (Phi) is 4.65. The van der Waals surface area contributed by atoms with Crippen LogP contribution in [0.1, 0.15) is 23.8 Å². The van der Waals surface area contributed by atoms with Gasteiger partial charge < -0.3 is 9.84 Å². The summed E-state index contributed by atoms with van der Waals surface area (Å²) in [5, 5.41) is 4.88. The second kappa shape index (κ2) is 6.31. The van der Waals surface area contributed by atoms with Crippen LogP contribution in [0.5, 0.6) is 0 Å². The second-order valence-electron chi connectivity index (χ2n) is 5.25. The molecule has 0 unspecified atom stereocenters. The quantitative estimate of drug-likeness (QED) is 0.912. The molecule has 0 aliphatic heterocycles. The number of benzene rings is 1. The summed E-state index contributed by atoms with van der Waals surface area (Å²) in [5.41, 5.74) is 1.64. The van der Waals surface area contributed by atoms with Gasteiger partial charge in [0, 0.05) is 6.07 Å². The van der Waals surface area contributed by atoms with Crippen molar-refractivity contribution < 1.29 is 17.7 Å². The first kappa shape index (κ1) is 16.2. The van der Waals surface area contributed by atoms with Crippen molar-refractivity contribution in [2.24, 2.45) is 0 Å². The van der Waals surface area contributed by atoms with E-state index in [0.717, 1.165) is 5.56 Å². The number of carbonyl (C=O) groups excluding carboxylic acids is 1. The number of amides is 1. The maximum absolute atomic E-state index is 12.3. The molecule has 0 fully saturated rings. The SMILES string of the molecule is Cc1cccc(CS(=O)(=O)[C@H](C)C(=O)Nc2cc(C)on2)c1. The Morgan fingerprint density at radius 3 is 2.64 bits per heavy atom. The van der Waals surface area contributed by atoms with Crippen molar-refractivity contribution in [2.75, 3.05) is 5.32 Å². The van der Waals surface area contributed by atoms with Crippen LogP contribution in [0.4, 0.5) is 5.82 Å². The molecule has 1 atom stereocenters. The molecule has 1 heterocycles. The molecule has 2 aromatic rings. The van der Waals surface area contributed by atoms with Crippen LogP contribution in [0.3, 0.4) is 0 Å². The third kappa shape index (κ3) is 3.94. The Morgan fingerprint density at radius 1 is 1.32 bits per heavy atom. The number of hydrogen-bond acceptors (Lipinski definition) is 5. The largest absolute Gasteiger partial charge is 0.360 e. The van der Waals surface area contributed by atoms with Crippen molar-refractivity contribution in [1.82, 2.24) is 5.16 Å². The molecular formula is C15H18N2O4S. The normalized spacial score (nSPS) is 12.9. The molecule has 1 aromatic carbocycles. The minimum absolute atomic E-state index is 0.179. The van der Waals surface area contributed by atoms with Crippen LogP contribution in [0.25, 0.3) is 0 Å². The van der Waals surface area contributed by atoms with Crippen LogP contribution in [0.15, 0.2) is 34.9 Å². The molecule has 6 nitrogen and oxygen atoms in total. The van der Waals surface area contributed by atoms with Gasteiger partial charge in [-0.05, 0) is 26.3 Å². The smallest absolute Gasteiger partial charge is 0.243 e. The zero-order valence-corrected chi connectivity index (χ0v) is 13.5. The zero-order valence-electron chi connectivity index (χ0n) is 12.7. The van der Waals surface area contributed by atoms with E-state index in [2.05, 4.69) is 10.5 Å². The fraction of sp³-hybridized carbons (Fsp3) is 0.333. The van der Waals surface area contributed by atoms with Crippen LogP contribution in [0.2, 0.25) is 0 Å². The molecule has 2 rings (SSSR count). The third-order valence-electron chi connectivity index (χ3n) is 3.24. The molecule has 1 aromatic heterocycles. The average Bonchev–Trinajstić information content (AvgIpc) is 2.82. The number of anilines is 1. The number of rotatable bonds is 5. The molecule has 118 valence electrons. The number of hydrogen-bond donors (Lipinski definition) is 1. The highest BCUT2D eigenvalue weighted by molar-refractivity contribution is 7.92. The van der Waals surface area contributed by atoms with Crippen molar-refractivity contribution >= 4 is 21.6 Å². The summed E-state index contributed by atoms with van der Waals surface area (Å²) < 4.78 is 29.5. The molecule has 1 N–H and O–H groups in total. The summed E-state index contributed by atoms with van der Waals surface area (Å²) in [5.74, 6) is -0.0622. The molecule has 1 amide bonds. The van der Waals surface area contributed by atoms with E-state index < -0.39 is 21.0 Å². The van der Waals surface area contributed by atoms with Gasteiger partial charge in [-0.3, -0.25) is 4.79 Å². The fourth-order valence-electron chi connectivity index (χ4n) is 1.98. The van der Waals surface area contributed by atoms with E-state index >= 15 is 0 Å². The summed E-state index contributed by atoms with van der Waals surface area (Å²) in [7, 11) is -3.61. The number of aryl methyl sites for hydroxylation is 2. The van der Waals surface area contributed by atoms with Crippen molar-refractivity contribution in [3.8, 4) is 0 Å². The van der Waals surface area contributed by atoms with Crippen molar-refractivity contribution in [1.29, 1.82) is 0 Å². The van der Waals surface area contributed by atoms with Gasteiger partial charge in [0.1, 0.15) is 11.0 Å². The van der Waals surface area contributed by atoms with E-state index in [4.69, 9.17) is 4.52 Å². The molecule has 0 aliphatic rings. The van der Waals surface area contributed by atoms with Gasteiger partial charge in [0.2, 0.25) is 5.91 Å². The standard InChI is InChI=1S/C15H18N2O4S/c1-10-5-4-6-13(7-10)9-22(19,20)12(3)15(18)16-14-8-11(2)21-17-14/h4-8,12H,9H2,1-3H3,(H,16,17,18)/t12-/m1/s1. The number of sulfone groups is 1. The number of aromatic nitrogens is 1. The van der Waals surface area contributed by atoms with E-state index in [1.807, 2.05) is 13.0 Å². The number of nitrogens with zero attached hydrogens (tertiary/aromatic N) is 1. The van der Waals surface area contributed by atoms with Crippen molar-refractivity contribution in [3.05, 3.63) is 47.2 Å². The van der Waals surface area contributed by atoms with Gasteiger partial charge in [0.25, 0.3) is 0 Å². The lowest BCUT2D eigenvalue weighted by molar-refractivity contribution is -0.115. The summed E-state index contributed by atoms with van der Waals surface area (Å²) in [6.45, 7) is 4.94. The lowest BCUT2D eigenvalue weighted by Crippen LogP contribution is -2.33. The monoisotopic (exact) mass is 322 g/mol. The lowest BCUT2D eigenvalue weighted by Gasteiger charge is -2.12. The molecule has 0 saturated heterocycles. The lowest BCUT2D eigenvalue weighted by atomic mass is 10.2. The van der Waals surface area contributed by atoms with E-state index in [9.17, 15) is 13.2 Å². The minimum Gasteiger partial charge on any atom is -0.360 e. The van der Waals surface area contributed by atoms with Gasteiger partial charge in [-0.25, -0.2) is 8.42 Å². The topological polar surface area (TPSA) is 89.3 Å². The zero-order chi connectivity index (χ0) is 16.3. The minimum atomic E-state index is -3.61. The van der Waals surface area contributed by atoms with E-state index in [0.29, 0.717) is 11.3 Å². The summed E-state index contributed by atoms with van der Waals surface area (Å²) in [6.07, 6.45) is 0. The predicted molar refractivity (Wildman–Crippen MR) is 83.1 cm³/mol. The summed E-state index contributed by atoms with van der Waals surface area (Å²) in [6, 6.07) is 8.74. The number of nitrogens with one attached hydrogen (secondary N) is 1. The maximum atomic E-state index is 12.3. The van der Waals surface area contributed by atoms with Crippen LogP contribution < -0.4 is 5.32 Å². The Labute approximate surface area is 129 Å². The summed E-state index contributed by atoms with van der Waals surface area (Å²) in [4.78, 5) is 12.1. The van der Waals surface area contributed by atoms with Gasteiger partial charge in [0.05, 0.1) is 5.75 Å². The first-order chi connectivity index (χ1) is 10.3. The fourth-order valence-corrected chi connectivity index (χ4v) is 3.25. The van der Waals surface area contributed by atoms with Crippen LogP contribution >= 0.6 is 0 Å². The van der Waals surface area contributed by atoms with Crippen LogP contribution in [-0.4, -0.2) is 24.7 Å². The van der Waals surface area contributed by atoms with Crippen LogP contribution in [0, 0.1) is 13.8 Å². The molecule has 0 aliphatic carbocycles. The first-order valence-electron chi connectivity index (χ1n) is 6.79. The van der Waals surface area contributed by atoms with Crippen LogP contribution in [-0.2, 0) is 20.4 Å². The van der Waals surface area contributed by atoms with E-state index in [1.165, 1.54) is 13.0 Å². The molecule has 0 bridgehead atoms. The molecule has 0 saturated carbocycles. The van der Waals surface area contributed by atoms with Crippen molar-refractivity contribution in [3.63, 3.8) is 0 Å².